The van der Waals surface area contributed by atoms with Crippen LogP contribution in [0.15, 0.2) is 12.7 Å². The molecule has 1 unspecified atom stereocenters. The summed E-state index contributed by atoms with van der Waals surface area (Å²) in [5, 5.41) is 2.21. The molecule has 1 saturated heterocycles. The summed E-state index contributed by atoms with van der Waals surface area (Å²) >= 11 is 0. The molecule has 0 spiro atoms. The van der Waals surface area contributed by atoms with Crippen molar-refractivity contribution in [3.8, 4) is 0 Å². The lowest BCUT2D eigenvalue weighted by atomic mass is 10.2. The Morgan fingerprint density at radius 3 is 2.82 bits per heavy atom. The standard InChI is InChI=1S/C11H16N2O4/c1-3-5-13(7-10(15)17-4-2)8-6-9(14)12-11(8)16/h3,8H,1,4-7H2,2H3,(H,12,14,16). The SMILES string of the molecule is C=CCN(CC(=O)OCC)C1CC(=O)NC1=O. The number of carbonyl (C=O) groups is 3. The maximum Gasteiger partial charge on any atom is 0.320 e. The third kappa shape index (κ3) is 3.67. The first-order chi connectivity index (χ1) is 8.08. The van der Waals surface area contributed by atoms with Gasteiger partial charge in [0, 0.05) is 6.54 Å². The first-order valence-electron chi connectivity index (χ1n) is 5.42. The molecule has 0 aromatic carbocycles. The van der Waals surface area contributed by atoms with E-state index in [2.05, 4.69) is 11.9 Å². The van der Waals surface area contributed by atoms with Gasteiger partial charge in [0.2, 0.25) is 11.8 Å². The van der Waals surface area contributed by atoms with Crippen LogP contribution in [0, 0.1) is 0 Å². The third-order valence-electron chi connectivity index (χ3n) is 2.39. The molecule has 0 saturated carbocycles. The van der Waals surface area contributed by atoms with Crippen molar-refractivity contribution in [3.05, 3.63) is 12.7 Å². The minimum atomic E-state index is -0.607. The molecule has 0 aliphatic carbocycles. The maximum absolute atomic E-state index is 11.5. The van der Waals surface area contributed by atoms with Gasteiger partial charge in [0.1, 0.15) is 0 Å². The van der Waals surface area contributed by atoms with E-state index in [0.29, 0.717) is 6.54 Å². The van der Waals surface area contributed by atoms with E-state index in [9.17, 15) is 14.4 Å². The van der Waals surface area contributed by atoms with Gasteiger partial charge in [-0.05, 0) is 6.92 Å². The Morgan fingerprint density at radius 2 is 2.35 bits per heavy atom. The Morgan fingerprint density at radius 1 is 1.65 bits per heavy atom. The van der Waals surface area contributed by atoms with Gasteiger partial charge in [0.25, 0.3) is 0 Å². The van der Waals surface area contributed by atoms with Crippen LogP contribution < -0.4 is 5.32 Å². The molecule has 1 atom stereocenters. The van der Waals surface area contributed by atoms with Crippen LogP contribution in [0.4, 0.5) is 0 Å². The number of nitrogens with zero attached hydrogens (tertiary/aromatic N) is 1. The summed E-state index contributed by atoms with van der Waals surface area (Å²) in [6, 6.07) is -0.607. The molecule has 1 aliphatic rings. The van der Waals surface area contributed by atoms with Gasteiger partial charge in [-0.3, -0.25) is 24.6 Å². The van der Waals surface area contributed by atoms with E-state index in [4.69, 9.17) is 4.74 Å². The quantitative estimate of drug-likeness (QED) is 0.383. The molecule has 0 aromatic rings. The Labute approximate surface area is 99.6 Å². The minimum Gasteiger partial charge on any atom is -0.465 e. The zero-order valence-electron chi connectivity index (χ0n) is 9.77. The number of amides is 2. The lowest BCUT2D eigenvalue weighted by Gasteiger charge is -2.23. The number of imide groups is 1. The van der Waals surface area contributed by atoms with Crippen molar-refractivity contribution >= 4 is 17.8 Å². The van der Waals surface area contributed by atoms with Crippen molar-refractivity contribution in [1.82, 2.24) is 10.2 Å². The molecular formula is C11H16N2O4. The Balaban J connectivity index is 2.65. The Hall–Kier alpha value is -1.69. The predicted molar refractivity (Wildman–Crippen MR) is 60.0 cm³/mol. The van der Waals surface area contributed by atoms with Crippen LogP contribution in [0.3, 0.4) is 0 Å². The van der Waals surface area contributed by atoms with E-state index in [1.807, 2.05) is 0 Å². The van der Waals surface area contributed by atoms with Crippen molar-refractivity contribution < 1.29 is 19.1 Å². The monoisotopic (exact) mass is 240 g/mol. The number of hydrogen-bond donors (Lipinski definition) is 1. The highest BCUT2D eigenvalue weighted by Gasteiger charge is 2.35. The van der Waals surface area contributed by atoms with E-state index in [1.54, 1.807) is 17.9 Å². The number of carbonyl (C=O) groups excluding carboxylic acids is 3. The average Bonchev–Trinajstić information content (AvgIpc) is 2.57. The first kappa shape index (κ1) is 13.4. The Kier molecular flexibility index (Phi) is 4.84. The van der Waals surface area contributed by atoms with Crippen LogP contribution >= 0.6 is 0 Å². The van der Waals surface area contributed by atoms with Gasteiger partial charge in [-0.1, -0.05) is 6.08 Å². The number of nitrogens with one attached hydrogen (secondary N) is 1. The van der Waals surface area contributed by atoms with E-state index >= 15 is 0 Å². The van der Waals surface area contributed by atoms with Crippen LogP contribution in [-0.2, 0) is 19.1 Å². The highest BCUT2D eigenvalue weighted by Crippen LogP contribution is 2.11. The smallest absolute Gasteiger partial charge is 0.320 e. The highest BCUT2D eigenvalue weighted by atomic mass is 16.5. The van der Waals surface area contributed by atoms with Gasteiger partial charge in [-0.2, -0.15) is 0 Å². The molecule has 1 heterocycles. The number of hydrogen-bond acceptors (Lipinski definition) is 5. The molecule has 6 heteroatoms. The topological polar surface area (TPSA) is 75.7 Å². The highest BCUT2D eigenvalue weighted by molar-refractivity contribution is 6.05. The molecular weight excluding hydrogens is 224 g/mol. The number of esters is 1. The molecule has 1 fully saturated rings. The fraction of sp³-hybridized carbons (Fsp3) is 0.545. The van der Waals surface area contributed by atoms with Crippen LogP contribution in [0.2, 0.25) is 0 Å². The minimum absolute atomic E-state index is 0.0226. The van der Waals surface area contributed by atoms with Crippen molar-refractivity contribution in [3.63, 3.8) is 0 Å². The van der Waals surface area contributed by atoms with Gasteiger partial charge in [-0.15, -0.1) is 6.58 Å². The maximum atomic E-state index is 11.5. The van der Waals surface area contributed by atoms with Crippen molar-refractivity contribution in [1.29, 1.82) is 0 Å². The summed E-state index contributed by atoms with van der Waals surface area (Å²) < 4.78 is 4.81. The summed E-state index contributed by atoms with van der Waals surface area (Å²) in [5.74, 6) is -1.11. The van der Waals surface area contributed by atoms with E-state index < -0.39 is 12.0 Å². The molecule has 1 aliphatic heterocycles. The van der Waals surface area contributed by atoms with Crippen LogP contribution in [-0.4, -0.2) is 48.4 Å². The lowest BCUT2D eigenvalue weighted by Crippen LogP contribution is -2.43. The second kappa shape index (κ2) is 6.15. The molecule has 0 aromatic heterocycles. The zero-order valence-corrected chi connectivity index (χ0v) is 9.77. The van der Waals surface area contributed by atoms with Gasteiger partial charge >= 0.3 is 5.97 Å². The van der Waals surface area contributed by atoms with Crippen molar-refractivity contribution in [2.24, 2.45) is 0 Å². The zero-order chi connectivity index (χ0) is 12.8. The fourth-order valence-corrected chi connectivity index (χ4v) is 1.68. The third-order valence-corrected chi connectivity index (χ3v) is 2.39. The van der Waals surface area contributed by atoms with Crippen LogP contribution in [0.25, 0.3) is 0 Å². The van der Waals surface area contributed by atoms with E-state index in [-0.39, 0.29) is 31.4 Å². The first-order valence-corrected chi connectivity index (χ1v) is 5.42. The summed E-state index contributed by atoms with van der Waals surface area (Å²) in [4.78, 5) is 35.5. The van der Waals surface area contributed by atoms with Crippen LogP contribution in [0.1, 0.15) is 13.3 Å². The van der Waals surface area contributed by atoms with Crippen molar-refractivity contribution in [2.45, 2.75) is 19.4 Å². The second-order valence-corrected chi connectivity index (χ2v) is 3.66. The second-order valence-electron chi connectivity index (χ2n) is 3.66. The molecule has 0 radical (unpaired) electrons. The summed E-state index contributed by atoms with van der Waals surface area (Å²) in [6.45, 7) is 5.89. The van der Waals surface area contributed by atoms with Gasteiger partial charge in [0.05, 0.1) is 25.6 Å². The lowest BCUT2D eigenvalue weighted by molar-refractivity contribution is -0.145. The Bertz CT molecular complexity index is 340. The predicted octanol–water partition coefficient (Wildman–Crippen LogP) is -0.547. The van der Waals surface area contributed by atoms with E-state index in [0.717, 1.165) is 0 Å². The molecule has 2 amide bonds. The summed E-state index contributed by atoms with van der Waals surface area (Å²) in [6.07, 6.45) is 1.65. The molecule has 17 heavy (non-hydrogen) atoms. The van der Waals surface area contributed by atoms with Gasteiger partial charge < -0.3 is 4.74 Å². The molecule has 0 bridgehead atoms. The number of rotatable bonds is 6. The summed E-state index contributed by atoms with van der Waals surface area (Å²) in [7, 11) is 0. The van der Waals surface area contributed by atoms with Crippen LogP contribution in [0.5, 0.6) is 0 Å². The molecule has 1 rings (SSSR count). The molecule has 6 nitrogen and oxygen atoms in total. The number of ether oxygens (including phenoxy) is 1. The van der Waals surface area contributed by atoms with Gasteiger partial charge in [0.15, 0.2) is 0 Å². The van der Waals surface area contributed by atoms with E-state index in [1.165, 1.54) is 0 Å². The molecule has 94 valence electrons. The molecule has 1 N–H and O–H groups in total. The fourth-order valence-electron chi connectivity index (χ4n) is 1.68. The van der Waals surface area contributed by atoms with Gasteiger partial charge in [-0.25, -0.2) is 0 Å². The summed E-state index contributed by atoms with van der Waals surface area (Å²) in [5.41, 5.74) is 0. The average molecular weight is 240 g/mol. The normalized spacial score (nSPS) is 19.3. The van der Waals surface area contributed by atoms with Crippen molar-refractivity contribution in [2.75, 3.05) is 19.7 Å². The largest absolute Gasteiger partial charge is 0.465 e.